The van der Waals surface area contributed by atoms with Gasteiger partial charge in [0.2, 0.25) is 5.91 Å². The van der Waals surface area contributed by atoms with Crippen molar-refractivity contribution in [1.82, 2.24) is 10.3 Å². The molecule has 0 aliphatic carbocycles. The van der Waals surface area contributed by atoms with E-state index < -0.39 is 12.2 Å². The molecule has 0 bridgehead atoms. The van der Waals surface area contributed by atoms with Gasteiger partial charge >= 0.3 is 0 Å². The maximum atomic E-state index is 10.5. The van der Waals surface area contributed by atoms with Crippen molar-refractivity contribution in [2.24, 2.45) is 0 Å². The molecule has 78 valence electrons. The van der Waals surface area contributed by atoms with Crippen LogP contribution in [-0.4, -0.2) is 33.8 Å². The quantitative estimate of drug-likeness (QED) is 0.528. The Bertz CT molecular complexity index is 284. The Morgan fingerprint density at radius 2 is 2.36 bits per heavy atom. The molecule has 0 aliphatic heterocycles. The number of aliphatic hydroxyl groups excluding tert-OH is 2. The van der Waals surface area contributed by atoms with Gasteiger partial charge in [-0.05, 0) is 12.1 Å². The highest BCUT2D eigenvalue weighted by molar-refractivity contribution is 5.72. The predicted octanol–water partition coefficient (Wildman–Crippen LogP) is -0.455. The number of aromatic amines is 1. The van der Waals surface area contributed by atoms with Gasteiger partial charge < -0.3 is 20.5 Å². The minimum absolute atomic E-state index is 0.0372. The molecule has 0 aliphatic rings. The van der Waals surface area contributed by atoms with E-state index in [1.54, 1.807) is 18.3 Å². The largest absolute Gasteiger partial charge is 0.388 e. The van der Waals surface area contributed by atoms with Gasteiger partial charge in [-0.1, -0.05) is 0 Å². The van der Waals surface area contributed by atoms with Crippen molar-refractivity contribution in [2.75, 3.05) is 6.54 Å². The Labute approximate surface area is 81.8 Å². The molecule has 14 heavy (non-hydrogen) atoms. The standard InChI is InChI=1S/C9H14N2O3/c1-6(12)11-5-8(13)9(14)7-3-2-4-10-7/h2-4,8-10,13-14H,5H2,1H3,(H,11,12). The van der Waals surface area contributed by atoms with Gasteiger partial charge in [0, 0.05) is 25.4 Å². The monoisotopic (exact) mass is 198 g/mol. The summed E-state index contributed by atoms with van der Waals surface area (Å²) in [6, 6.07) is 3.39. The Morgan fingerprint density at radius 3 is 2.86 bits per heavy atom. The first kappa shape index (κ1) is 10.7. The fourth-order valence-corrected chi connectivity index (χ4v) is 1.10. The average molecular weight is 198 g/mol. The van der Waals surface area contributed by atoms with E-state index in [0.717, 1.165) is 0 Å². The van der Waals surface area contributed by atoms with Crippen LogP contribution in [-0.2, 0) is 4.79 Å². The summed E-state index contributed by atoms with van der Waals surface area (Å²) >= 11 is 0. The van der Waals surface area contributed by atoms with Crippen LogP contribution in [0.4, 0.5) is 0 Å². The van der Waals surface area contributed by atoms with Crippen LogP contribution in [0.1, 0.15) is 18.7 Å². The van der Waals surface area contributed by atoms with Gasteiger partial charge in [0.25, 0.3) is 0 Å². The summed E-state index contributed by atoms with van der Waals surface area (Å²) in [4.78, 5) is 13.3. The Kier molecular flexibility index (Phi) is 3.67. The van der Waals surface area contributed by atoms with E-state index in [9.17, 15) is 15.0 Å². The lowest BCUT2D eigenvalue weighted by Crippen LogP contribution is -2.34. The van der Waals surface area contributed by atoms with Crippen LogP contribution in [0, 0.1) is 0 Å². The molecular weight excluding hydrogens is 184 g/mol. The van der Waals surface area contributed by atoms with Crippen molar-refractivity contribution in [1.29, 1.82) is 0 Å². The van der Waals surface area contributed by atoms with E-state index in [-0.39, 0.29) is 12.5 Å². The number of nitrogens with one attached hydrogen (secondary N) is 2. The molecule has 2 unspecified atom stereocenters. The van der Waals surface area contributed by atoms with Crippen LogP contribution < -0.4 is 5.32 Å². The van der Waals surface area contributed by atoms with Crippen LogP contribution in [0.25, 0.3) is 0 Å². The highest BCUT2D eigenvalue weighted by Gasteiger charge is 2.18. The number of amides is 1. The van der Waals surface area contributed by atoms with Crippen molar-refractivity contribution in [3.8, 4) is 0 Å². The lowest BCUT2D eigenvalue weighted by Gasteiger charge is -2.16. The van der Waals surface area contributed by atoms with Crippen molar-refractivity contribution in [3.05, 3.63) is 24.0 Å². The van der Waals surface area contributed by atoms with Crippen LogP contribution in [0.3, 0.4) is 0 Å². The number of rotatable bonds is 4. The fourth-order valence-electron chi connectivity index (χ4n) is 1.10. The number of carbonyl (C=O) groups excluding carboxylic acids is 1. The molecule has 0 aromatic carbocycles. The molecule has 2 atom stereocenters. The molecule has 0 saturated carbocycles. The minimum atomic E-state index is -1.00. The number of H-pyrrole nitrogens is 1. The summed E-state index contributed by atoms with van der Waals surface area (Å²) in [7, 11) is 0. The molecule has 1 rings (SSSR count). The molecule has 4 N–H and O–H groups in total. The SMILES string of the molecule is CC(=O)NCC(O)C(O)c1ccc[nH]1. The first-order chi connectivity index (χ1) is 6.61. The molecule has 0 radical (unpaired) electrons. The van der Waals surface area contributed by atoms with Crippen molar-refractivity contribution >= 4 is 5.91 Å². The third kappa shape index (κ3) is 2.86. The van der Waals surface area contributed by atoms with Gasteiger partial charge in [-0.15, -0.1) is 0 Å². The smallest absolute Gasteiger partial charge is 0.216 e. The summed E-state index contributed by atoms with van der Waals surface area (Å²) in [6.07, 6.45) is -0.349. The summed E-state index contributed by atoms with van der Waals surface area (Å²) in [5.41, 5.74) is 0.530. The second-order valence-corrected chi connectivity index (χ2v) is 3.07. The number of aliphatic hydroxyl groups is 2. The van der Waals surface area contributed by atoms with Gasteiger partial charge in [0.1, 0.15) is 12.2 Å². The summed E-state index contributed by atoms with van der Waals surface area (Å²) in [5.74, 6) is -0.234. The molecular formula is C9H14N2O3. The number of aromatic nitrogens is 1. The normalized spacial score (nSPS) is 14.8. The van der Waals surface area contributed by atoms with E-state index in [1.165, 1.54) is 6.92 Å². The number of hydrogen-bond acceptors (Lipinski definition) is 3. The van der Waals surface area contributed by atoms with Gasteiger partial charge in [0.05, 0.1) is 0 Å². The van der Waals surface area contributed by atoms with Crippen LogP contribution >= 0.6 is 0 Å². The van der Waals surface area contributed by atoms with Gasteiger partial charge in [-0.2, -0.15) is 0 Å². The van der Waals surface area contributed by atoms with E-state index in [2.05, 4.69) is 10.3 Å². The highest BCUT2D eigenvalue weighted by atomic mass is 16.3. The molecule has 1 aromatic heterocycles. The van der Waals surface area contributed by atoms with Gasteiger partial charge in [0.15, 0.2) is 0 Å². The summed E-state index contributed by atoms with van der Waals surface area (Å²) < 4.78 is 0. The van der Waals surface area contributed by atoms with E-state index in [4.69, 9.17) is 0 Å². The number of hydrogen-bond donors (Lipinski definition) is 4. The van der Waals surface area contributed by atoms with E-state index in [0.29, 0.717) is 5.69 Å². The van der Waals surface area contributed by atoms with Crippen LogP contribution in [0.5, 0.6) is 0 Å². The zero-order chi connectivity index (χ0) is 10.6. The molecule has 5 nitrogen and oxygen atoms in total. The molecule has 0 spiro atoms. The van der Waals surface area contributed by atoms with E-state index in [1.807, 2.05) is 0 Å². The third-order valence-corrected chi connectivity index (χ3v) is 1.87. The topological polar surface area (TPSA) is 85.3 Å². The molecule has 0 fully saturated rings. The van der Waals surface area contributed by atoms with Crippen molar-refractivity contribution in [2.45, 2.75) is 19.1 Å². The minimum Gasteiger partial charge on any atom is -0.388 e. The Hall–Kier alpha value is -1.33. The Balaban J connectivity index is 2.44. The summed E-state index contributed by atoms with van der Waals surface area (Å²) in [5, 5.41) is 21.4. The average Bonchev–Trinajstić information content (AvgIpc) is 2.65. The van der Waals surface area contributed by atoms with Crippen LogP contribution in [0.15, 0.2) is 18.3 Å². The zero-order valence-corrected chi connectivity index (χ0v) is 7.90. The lowest BCUT2D eigenvalue weighted by atomic mass is 10.1. The summed E-state index contributed by atoms with van der Waals surface area (Å²) in [6.45, 7) is 1.39. The Morgan fingerprint density at radius 1 is 1.64 bits per heavy atom. The molecule has 1 heterocycles. The number of carbonyl (C=O) groups is 1. The van der Waals surface area contributed by atoms with Gasteiger partial charge in [-0.3, -0.25) is 4.79 Å². The van der Waals surface area contributed by atoms with E-state index >= 15 is 0 Å². The maximum Gasteiger partial charge on any atom is 0.216 e. The second-order valence-electron chi connectivity index (χ2n) is 3.07. The second kappa shape index (κ2) is 4.78. The molecule has 5 heteroatoms. The first-order valence-electron chi connectivity index (χ1n) is 4.35. The predicted molar refractivity (Wildman–Crippen MR) is 50.4 cm³/mol. The highest BCUT2D eigenvalue weighted by Crippen LogP contribution is 2.13. The lowest BCUT2D eigenvalue weighted by molar-refractivity contribution is -0.119. The van der Waals surface area contributed by atoms with Gasteiger partial charge in [-0.25, -0.2) is 0 Å². The molecule has 1 amide bonds. The third-order valence-electron chi connectivity index (χ3n) is 1.87. The fraction of sp³-hybridized carbons (Fsp3) is 0.444. The zero-order valence-electron chi connectivity index (χ0n) is 7.90. The van der Waals surface area contributed by atoms with Crippen molar-refractivity contribution < 1.29 is 15.0 Å². The molecule has 0 saturated heterocycles. The molecule has 1 aromatic rings. The maximum absolute atomic E-state index is 10.5. The van der Waals surface area contributed by atoms with Crippen LogP contribution in [0.2, 0.25) is 0 Å². The first-order valence-corrected chi connectivity index (χ1v) is 4.35. The van der Waals surface area contributed by atoms with Crippen molar-refractivity contribution in [3.63, 3.8) is 0 Å².